The van der Waals surface area contributed by atoms with Crippen LogP contribution in [0.5, 0.6) is 0 Å². The molecule has 2 fully saturated rings. The molecular formula is C28H35N4O20-5. The van der Waals surface area contributed by atoms with Crippen LogP contribution in [0.15, 0.2) is 0 Å². The quantitative estimate of drug-likeness (QED) is 0.110. The van der Waals surface area contributed by atoms with Gasteiger partial charge in [0.25, 0.3) is 0 Å². The summed E-state index contributed by atoms with van der Waals surface area (Å²) < 4.78 is 0. The highest BCUT2D eigenvalue weighted by molar-refractivity contribution is 5.95. The first kappa shape index (κ1) is 44.6. The van der Waals surface area contributed by atoms with Gasteiger partial charge in [-0.3, -0.25) is 43.6 Å². The fourth-order valence-corrected chi connectivity index (χ4v) is 6.10. The van der Waals surface area contributed by atoms with E-state index in [2.05, 4.69) is 0 Å². The Bertz CT molecular complexity index is 1120. The van der Waals surface area contributed by atoms with Gasteiger partial charge in [-0.1, -0.05) is 0 Å². The molecular weight excluding hydrogens is 712 g/mol. The zero-order valence-electron chi connectivity index (χ0n) is 27.1. The number of carbonyl (C=O) groups is 10. The maximum atomic E-state index is 11.3. The number of hydrogen-bond acceptors (Lipinski definition) is 19. The van der Waals surface area contributed by atoms with Crippen molar-refractivity contribution in [2.45, 2.75) is 0 Å². The molecule has 24 heteroatoms. The Morgan fingerprint density at radius 1 is 0.365 bits per heavy atom. The highest BCUT2D eigenvalue weighted by atomic mass is 16.4. The zero-order valence-corrected chi connectivity index (χ0v) is 27.1. The van der Waals surface area contributed by atoms with Crippen LogP contribution in [0.3, 0.4) is 0 Å². The van der Waals surface area contributed by atoms with E-state index in [1.807, 2.05) is 0 Å². The molecule has 0 spiro atoms. The van der Waals surface area contributed by atoms with E-state index in [-0.39, 0.29) is 78.5 Å². The largest absolute Gasteiger partial charge is 0.550 e. The fraction of sp³-hybridized carbons (Fsp3) is 0.643. The van der Waals surface area contributed by atoms with Gasteiger partial charge in [0.05, 0.1) is 42.8 Å². The molecule has 1 aliphatic heterocycles. The summed E-state index contributed by atoms with van der Waals surface area (Å²) in [4.78, 5) is 118. The van der Waals surface area contributed by atoms with Gasteiger partial charge >= 0.3 is 29.8 Å². The molecule has 292 valence electrons. The molecule has 52 heavy (non-hydrogen) atoms. The average Bonchev–Trinajstić information content (AvgIpc) is 2.99. The highest BCUT2D eigenvalue weighted by Crippen LogP contribution is 2.46. The summed E-state index contributed by atoms with van der Waals surface area (Å²) >= 11 is 0. The topological polar surface area (TPSA) is 400 Å². The predicted molar refractivity (Wildman–Crippen MR) is 150 cm³/mol. The first-order valence-corrected chi connectivity index (χ1v) is 15.1. The molecule has 1 heterocycles. The van der Waals surface area contributed by atoms with Gasteiger partial charge in [0, 0.05) is 101 Å². The van der Waals surface area contributed by atoms with Crippen LogP contribution in [0.2, 0.25) is 0 Å². The number of nitrogens with zero attached hydrogens (tertiary/aromatic N) is 4. The number of carboxylic acid groups (broad SMARTS) is 10. The van der Waals surface area contributed by atoms with E-state index in [4.69, 9.17) is 25.5 Å². The van der Waals surface area contributed by atoms with E-state index >= 15 is 0 Å². The Labute approximate surface area is 292 Å². The summed E-state index contributed by atoms with van der Waals surface area (Å²) in [7, 11) is 0. The zero-order chi connectivity index (χ0) is 40.0. The van der Waals surface area contributed by atoms with Gasteiger partial charge in [0.2, 0.25) is 0 Å². The van der Waals surface area contributed by atoms with E-state index in [1.54, 1.807) is 19.6 Å². The second-order valence-electron chi connectivity index (χ2n) is 11.8. The van der Waals surface area contributed by atoms with Gasteiger partial charge in [-0.2, -0.15) is 0 Å². The number of carbonyl (C=O) groups excluding carboxylic acids is 5. The molecule has 1 saturated heterocycles. The minimum atomic E-state index is -2.67. The van der Waals surface area contributed by atoms with Crippen LogP contribution in [0.25, 0.3) is 0 Å². The first-order valence-electron chi connectivity index (χ1n) is 15.1. The molecule has 2 rings (SSSR count). The molecule has 0 amide bonds. The van der Waals surface area contributed by atoms with Crippen molar-refractivity contribution >= 4 is 59.7 Å². The van der Waals surface area contributed by atoms with Crippen LogP contribution in [-0.2, 0) is 47.9 Å². The van der Waals surface area contributed by atoms with E-state index < -0.39 is 95.2 Å². The molecule has 1 aliphatic carbocycles. The van der Waals surface area contributed by atoms with Crippen LogP contribution in [-0.4, -0.2) is 183 Å². The fourth-order valence-electron chi connectivity index (χ4n) is 6.10. The smallest absolute Gasteiger partial charge is 0.317 e. The van der Waals surface area contributed by atoms with Gasteiger partial charge in [0.1, 0.15) is 0 Å². The number of rotatable bonds is 14. The number of aliphatic carboxylic acids is 10. The molecule has 0 aromatic heterocycles. The lowest BCUT2D eigenvalue weighted by Crippen LogP contribution is -2.64. The van der Waals surface area contributed by atoms with Crippen molar-refractivity contribution in [3.05, 3.63) is 0 Å². The number of hydrogen-bond donors (Lipinski definition) is 5. The van der Waals surface area contributed by atoms with Crippen molar-refractivity contribution in [1.29, 1.82) is 0 Å². The Balaban J connectivity index is 0.000000526. The standard InChI is InChI=1S/C16H28N4O8.C12H12O12/c21-13(22)9-17-1-2-18(10-14(23)24)5-6-20(12-16(27)28)8-7-19(4-3-17)11-15(25)26;13-7(14)1-2(8(15)16)4(10(19)20)6(12(23)24)5(11(21)22)3(1)9(17)18/h1-12H2,(H,21,22)(H,23,24)(H,25,26)(H,27,28);1-6H,(H,13,14)(H,15,16)(H,17,18)(H,19,20)(H,21,22)(H,23,24)/p-5. The molecule has 0 bridgehead atoms. The highest BCUT2D eigenvalue weighted by Gasteiger charge is 2.59. The normalized spacial score (nSPS) is 25.5. The maximum absolute atomic E-state index is 11.3. The summed E-state index contributed by atoms with van der Waals surface area (Å²) in [6.07, 6.45) is 0. The van der Waals surface area contributed by atoms with Crippen LogP contribution < -0.4 is 25.5 Å². The Kier molecular flexibility index (Phi) is 17.5. The second kappa shape index (κ2) is 20.4. The van der Waals surface area contributed by atoms with Crippen LogP contribution in [0.1, 0.15) is 0 Å². The van der Waals surface area contributed by atoms with Gasteiger partial charge in [-0.15, -0.1) is 0 Å². The lowest BCUT2D eigenvalue weighted by atomic mass is 9.56. The third kappa shape index (κ3) is 13.7. The predicted octanol–water partition coefficient (Wildman–Crippen LogP) is -10.9. The number of carboxylic acids is 10. The van der Waals surface area contributed by atoms with E-state index in [0.29, 0.717) is 0 Å². The molecule has 24 nitrogen and oxygen atoms in total. The maximum Gasteiger partial charge on any atom is 0.317 e. The van der Waals surface area contributed by atoms with Gasteiger partial charge in [-0.05, 0) is 0 Å². The Hall–Kier alpha value is -5.46. The van der Waals surface area contributed by atoms with Crippen molar-refractivity contribution in [1.82, 2.24) is 19.6 Å². The Morgan fingerprint density at radius 3 is 0.731 bits per heavy atom. The molecule has 4 atom stereocenters. The lowest BCUT2D eigenvalue weighted by Gasteiger charge is -2.48. The van der Waals surface area contributed by atoms with Gasteiger partial charge in [0.15, 0.2) is 0 Å². The van der Waals surface area contributed by atoms with Crippen LogP contribution >= 0.6 is 0 Å². The molecule has 5 N–H and O–H groups in total. The second-order valence-corrected chi connectivity index (χ2v) is 11.8. The summed E-state index contributed by atoms with van der Waals surface area (Å²) in [5.41, 5.74) is 0. The van der Waals surface area contributed by atoms with E-state index in [1.165, 1.54) is 0 Å². The molecule has 4 unspecified atom stereocenters. The summed E-state index contributed by atoms with van der Waals surface area (Å²) in [6, 6.07) is 0. The lowest BCUT2D eigenvalue weighted by molar-refractivity contribution is -0.343. The van der Waals surface area contributed by atoms with Gasteiger partial charge in [-0.25, -0.2) is 0 Å². The molecule has 0 radical (unpaired) electrons. The van der Waals surface area contributed by atoms with Crippen LogP contribution in [0.4, 0.5) is 0 Å². The SMILES string of the molecule is O=C([O-])C1C(C(=O)[O-])C(C(=O)O)C(C(=O)O)C(C(=O)O)C1C(=O)[O-].O=C([O-])CN1CCN(CC(=O)[O-])CCN(CC(=O)O)CCN(CC(=O)O)CC1. The van der Waals surface area contributed by atoms with E-state index in [9.17, 15) is 73.5 Å². The van der Waals surface area contributed by atoms with Crippen molar-refractivity contribution in [2.24, 2.45) is 35.5 Å². The van der Waals surface area contributed by atoms with E-state index in [0.717, 1.165) is 0 Å². The minimum Gasteiger partial charge on any atom is -0.550 e. The third-order valence-corrected chi connectivity index (χ3v) is 8.35. The molecule has 1 saturated carbocycles. The average molecular weight is 748 g/mol. The molecule has 2 aliphatic rings. The minimum absolute atomic E-state index is 0.237. The molecule has 0 aromatic rings. The monoisotopic (exact) mass is 747 g/mol. The third-order valence-electron chi connectivity index (χ3n) is 8.35. The van der Waals surface area contributed by atoms with Crippen molar-refractivity contribution < 1.29 is 99.0 Å². The summed E-state index contributed by atoms with van der Waals surface area (Å²) in [5.74, 6) is -33.8. The van der Waals surface area contributed by atoms with Crippen molar-refractivity contribution in [3.63, 3.8) is 0 Å². The van der Waals surface area contributed by atoms with Crippen LogP contribution in [0, 0.1) is 35.5 Å². The first-order chi connectivity index (χ1) is 24.1. The summed E-state index contributed by atoms with van der Waals surface area (Å²) in [5, 5.41) is 101. The van der Waals surface area contributed by atoms with Crippen molar-refractivity contribution in [3.8, 4) is 0 Å². The molecule has 0 aromatic carbocycles. The Morgan fingerprint density at radius 2 is 0.558 bits per heavy atom. The van der Waals surface area contributed by atoms with Gasteiger partial charge < -0.3 is 75.0 Å². The van der Waals surface area contributed by atoms with Crippen molar-refractivity contribution in [2.75, 3.05) is 78.5 Å². The summed E-state index contributed by atoms with van der Waals surface area (Å²) in [6.45, 7) is 0.839.